The summed E-state index contributed by atoms with van der Waals surface area (Å²) in [4.78, 5) is 11.5. The van der Waals surface area contributed by atoms with Gasteiger partial charge in [0, 0.05) is 6.54 Å². The van der Waals surface area contributed by atoms with Crippen LogP contribution in [-0.2, 0) is 9.16 Å². The first kappa shape index (κ1) is 21.4. The summed E-state index contributed by atoms with van der Waals surface area (Å²) in [5, 5.41) is 12.7. The van der Waals surface area contributed by atoms with Gasteiger partial charge in [0.1, 0.15) is 5.60 Å². The van der Waals surface area contributed by atoms with Crippen LogP contribution in [0.15, 0.2) is 0 Å². The SMILES string of the molecule is CC(C)C(C)(C)[Si](C)(C)OC[C@H](O)CNC(=O)OC(C)(C)C. The van der Waals surface area contributed by atoms with Gasteiger partial charge in [0.25, 0.3) is 0 Å². The molecular weight excluding hydrogens is 298 g/mol. The average Bonchev–Trinajstić information content (AvgIpc) is 2.31. The van der Waals surface area contributed by atoms with Crippen LogP contribution in [0.1, 0.15) is 48.5 Å². The van der Waals surface area contributed by atoms with Crippen LogP contribution < -0.4 is 5.32 Å². The molecular formula is C16H35NO4Si. The van der Waals surface area contributed by atoms with Crippen molar-refractivity contribution < 1.29 is 19.1 Å². The maximum Gasteiger partial charge on any atom is 0.407 e. The Balaban J connectivity index is 4.29. The van der Waals surface area contributed by atoms with Crippen molar-refractivity contribution in [2.75, 3.05) is 13.2 Å². The third kappa shape index (κ3) is 7.11. The third-order valence-electron chi connectivity index (χ3n) is 4.51. The monoisotopic (exact) mass is 333 g/mol. The van der Waals surface area contributed by atoms with Gasteiger partial charge in [0.05, 0.1) is 12.7 Å². The first-order valence-corrected chi connectivity index (χ1v) is 10.9. The fourth-order valence-electron chi connectivity index (χ4n) is 1.76. The maximum atomic E-state index is 11.5. The van der Waals surface area contributed by atoms with Gasteiger partial charge >= 0.3 is 6.09 Å². The van der Waals surface area contributed by atoms with Crippen molar-refractivity contribution in [2.45, 2.75) is 78.3 Å². The minimum atomic E-state index is -1.96. The molecule has 0 aromatic rings. The van der Waals surface area contributed by atoms with Crippen molar-refractivity contribution in [2.24, 2.45) is 5.92 Å². The van der Waals surface area contributed by atoms with Gasteiger partial charge in [-0.1, -0.05) is 27.7 Å². The Morgan fingerprint density at radius 2 is 1.68 bits per heavy atom. The number of amides is 1. The zero-order valence-electron chi connectivity index (χ0n) is 15.7. The van der Waals surface area contributed by atoms with Gasteiger partial charge < -0.3 is 19.6 Å². The normalized spacial score (nSPS) is 14.9. The maximum absolute atomic E-state index is 11.5. The van der Waals surface area contributed by atoms with E-state index in [0.717, 1.165) is 0 Å². The molecule has 0 radical (unpaired) electrons. The molecule has 2 N–H and O–H groups in total. The van der Waals surface area contributed by atoms with Crippen molar-refractivity contribution in [3.63, 3.8) is 0 Å². The standard InChI is InChI=1S/C16H35NO4Si/c1-12(2)16(6,7)22(8,9)20-11-13(18)10-17-14(19)21-15(3,4)5/h12-13,18H,10-11H2,1-9H3,(H,17,19)/t13-/m1/s1. The van der Waals surface area contributed by atoms with Crippen molar-refractivity contribution >= 4 is 14.4 Å². The Kier molecular flexibility index (Phi) is 7.58. The summed E-state index contributed by atoms with van der Waals surface area (Å²) < 4.78 is 11.2. The zero-order chi connectivity index (χ0) is 17.8. The molecule has 0 saturated carbocycles. The molecule has 0 aliphatic heterocycles. The quantitative estimate of drug-likeness (QED) is 0.699. The molecule has 0 aromatic heterocycles. The highest BCUT2D eigenvalue weighted by Gasteiger charge is 2.43. The van der Waals surface area contributed by atoms with Crippen LogP contribution in [0.3, 0.4) is 0 Å². The molecule has 6 heteroatoms. The number of hydrogen-bond acceptors (Lipinski definition) is 4. The number of rotatable bonds is 7. The largest absolute Gasteiger partial charge is 0.444 e. The molecule has 1 amide bonds. The van der Waals surface area contributed by atoms with Gasteiger partial charge in [-0.05, 0) is 44.8 Å². The van der Waals surface area contributed by atoms with Crippen molar-refractivity contribution in [1.82, 2.24) is 5.32 Å². The first-order chi connectivity index (χ1) is 9.69. The Bertz CT molecular complexity index is 362. The first-order valence-electron chi connectivity index (χ1n) is 7.98. The van der Waals surface area contributed by atoms with E-state index >= 15 is 0 Å². The van der Waals surface area contributed by atoms with E-state index < -0.39 is 26.1 Å². The second kappa shape index (κ2) is 7.79. The van der Waals surface area contributed by atoms with Gasteiger partial charge in [0.15, 0.2) is 8.32 Å². The van der Waals surface area contributed by atoms with Crippen LogP contribution in [0, 0.1) is 5.92 Å². The molecule has 0 aromatic carbocycles. The fraction of sp³-hybridized carbons (Fsp3) is 0.938. The lowest BCUT2D eigenvalue weighted by Gasteiger charge is -2.42. The summed E-state index contributed by atoms with van der Waals surface area (Å²) in [7, 11) is -1.96. The van der Waals surface area contributed by atoms with E-state index in [1.165, 1.54) is 0 Å². The van der Waals surface area contributed by atoms with Crippen LogP contribution in [0.25, 0.3) is 0 Å². The van der Waals surface area contributed by atoms with Crippen LogP contribution in [0.4, 0.5) is 4.79 Å². The smallest absolute Gasteiger partial charge is 0.407 e. The minimum Gasteiger partial charge on any atom is -0.444 e. The summed E-state index contributed by atoms with van der Waals surface area (Å²) in [6.45, 7) is 18.9. The number of hydrogen-bond donors (Lipinski definition) is 2. The summed E-state index contributed by atoms with van der Waals surface area (Å²) >= 11 is 0. The molecule has 0 unspecified atom stereocenters. The molecule has 132 valence electrons. The summed E-state index contributed by atoms with van der Waals surface area (Å²) in [6, 6.07) is 0. The molecule has 0 rings (SSSR count). The lowest BCUT2D eigenvalue weighted by Crippen LogP contribution is -2.47. The van der Waals surface area contributed by atoms with E-state index in [-0.39, 0.29) is 18.2 Å². The Morgan fingerprint density at radius 3 is 2.09 bits per heavy atom. The summed E-state index contributed by atoms with van der Waals surface area (Å²) in [5.41, 5.74) is -0.540. The van der Waals surface area contributed by atoms with Crippen LogP contribution in [-0.4, -0.2) is 44.4 Å². The fourth-order valence-corrected chi connectivity index (χ4v) is 4.13. The van der Waals surface area contributed by atoms with Crippen LogP contribution in [0.2, 0.25) is 18.1 Å². The molecule has 22 heavy (non-hydrogen) atoms. The predicted octanol–water partition coefficient (Wildman–Crippen LogP) is 3.53. The number of ether oxygens (including phenoxy) is 1. The third-order valence-corrected chi connectivity index (χ3v) is 9.08. The molecule has 0 fully saturated rings. The highest BCUT2D eigenvalue weighted by Crippen LogP contribution is 2.44. The highest BCUT2D eigenvalue weighted by atomic mass is 28.4. The van der Waals surface area contributed by atoms with Crippen molar-refractivity contribution in [3.8, 4) is 0 Å². The molecule has 0 bridgehead atoms. The van der Waals surface area contributed by atoms with E-state index in [9.17, 15) is 9.90 Å². The molecule has 0 heterocycles. The number of alkyl carbamates (subject to hydrolysis) is 1. The van der Waals surface area contributed by atoms with E-state index in [2.05, 4.69) is 46.1 Å². The van der Waals surface area contributed by atoms with E-state index in [1.54, 1.807) is 20.8 Å². The Labute approximate surface area is 136 Å². The topological polar surface area (TPSA) is 67.8 Å². The second-order valence-corrected chi connectivity index (χ2v) is 12.8. The lowest BCUT2D eigenvalue weighted by molar-refractivity contribution is 0.0455. The predicted molar refractivity (Wildman–Crippen MR) is 92.6 cm³/mol. The van der Waals surface area contributed by atoms with Gasteiger partial charge in [0.2, 0.25) is 0 Å². The molecule has 1 atom stereocenters. The Hall–Kier alpha value is -0.593. The Morgan fingerprint density at radius 1 is 1.18 bits per heavy atom. The minimum absolute atomic E-state index is 0.102. The van der Waals surface area contributed by atoms with Gasteiger partial charge in [-0.3, -0.25) is 0 Å². The molecule has 0 aliphatic rings. The summed E-state index contributed by atoms with van der Waals surface area (Å²) in [6.07, 6.45) is -1.26. The van der Waals surface area contributed by atoms with Crippen molar-refractivity contribution in [1.29, 1.82) is 0 Å². The van der Waals surface area contributed by atoms with Gasteiger partial charge in [-0.25, -0.2) is 4.79 Å². The van der Waals surface area contributed by atoms with E-state index in [0.29, 0.717) is 5.92 Å². The molecule has 0 saturated heterocycles. The number of carbonyl (C=O) groups excluding carboxylic acids is 1. The number of carbonyl (C=O) groups is 1. The molecule has 0 aliphatic carbocycles. The van der Waals surface area contributed by atoms with Gasteiger partial charge in [-0.15, -0.1) is 0 Å². The summed E-state index contributed by atoms with van der Waals surface area (Å²) in [5.74, 6) is 0.506. The van der Waals surface area contributed by atoms with Gasteiger partial charge in [-0.2, -0.15) is 0 Å². The average molecular weight is 334 g/mol. The van der Waals surface area contributed by atoms with Crippen LogP contribution >= 0.6 is 0 Å². The van der Waals surface area contributed by atoms with Crippen LogP contribution in [0.5, 0.6) is 0 Å². The number of nitrogens with one attached hydrogen (secondary N) is 1. The molecule has 5 nitrogen and oxygen atoms in total. The zero-order valence-corrected chi connectivity index (χ0v) is 16.7. The number of aliphatic hydroxyl groups excluding tert-OH is 1. The highest BCUT2D eigenvalue weighted by molar-refractivity contribution is 6.74. The van der Waals surface area contributed by atoms with Crippen molar-refractivity contribution in [3.05, 3.63) is 0 Å². The van der Waals surface area contributed by atoms with E-state index in [1.807, 2.05) is 0 Å². The second-order valence-electron chi connectivity index (χ2n) is 8.23. The molecule has 0 spiro atoms. The lowest BCUT2D eigenvalue weighted by atomic mass is 9.99. The number of aliphatic hydroxyl groups is 1. The van der Waals surface area contributed by atoms with E-state index in [4.69, 9.17) is 9.16 Å².